The van der Waals surface area contributed by atoms with Gasteiger partial charge in [-0.1, -0.05) is 148 Å². The van der Waals surface area contributed by atoms with Crippen LogP contribution < -0.4 is 32.8 Å². The molecular weight excluding hydrogens is 759 g/mol. The van der Waals surface area contributed by atoms with Crippen LogP contribution in [0.4, 0.5) is 0 Å². The molecule has 0 bridgehead atoms. The minimum Gasteiger partial charge on any atom is -0.456 e. The van der Waals surface area contributed by atoms with E-state index in [9.17, 15) is 0 Å². The smallest absolute Gasteiger partial charge is 0.160 e. The van der Waals surface area contributed by atoms with E-state index in [0.29, 0.717) is 5.82 Å². The summed E-state index contributed by atoms with van der Waals surface area (Å²) < 4.78 is 9.37. The van der Waals surface area contributed by atoms with Crippen LogP contribution in [0, 0.1) is 0 Å². The lowest BCUT2D eigenvalue weighted by Crippen LogP contribution is -2.29. The maximum Gasteiger partial charge on any atom is 0.160 e. The van der Waals surface area contributed by atoms with Gasteiger partial charge in [0, 0.05) is 55.4 Å². The van der Waals surface area contributed by atoms with E-state index >= 15 is 0 Å². The van der Waals surface area contributed by atoms with Crippen molar-refractivity contribution >= 4 is 124 Å². The van der Waals surface area contributed by atoms with E-state index in [2.05, 4.69) is 197 Å². The van der Waals surface area contributed by atoms with Gasteiger partial charge in [-0.3, -0.25) is 0 Å². The average Bonchev–Trinajstić information content (AvgIpc) is 3.96. The lowest BCUT2D eigenvalue weighted by atomic mass is 9.72. The Bertz CT molecular complexity index is 3640. The Morgan fingerprint density at radius 1 is 0.476 bits per heavy atom. The highest BCUT2D eigenvalue weighted by molar-refractivity contribution is 6.58. The zero-order chi connectivity index (χ0) is 42.7. The largest absolute Gasteiger partial charge is 0.456 e. The second kappa shape index (κ2) is 14.2. The van der Waals surface area contributed by atoms with Gasteiger partial charge in [-0.05, 0) is 70.3 Å². The van der Waals surface area contributed by atoms with Crippen LogP contribution in [0.1, 0.15) is 22.6 Å². The lowest BCUT2D eigenvalue weighted by Gasteiger charge is -2.21. The molecule has 0 saturated carbocycles. The van der Waals surface area contributed by atoms with Crippen LogP contribution in [0.5, 0.6) is 0 Å². The van der Waals surface area contributed by atoms with Crippen LogP contribution in [0.15, 0.2) is 162 Å². The molecule has 3 heterocycles. The van der Waals surface area contributed by atoms with E-state index in [1.54, 1.807) is 0 Å². The summed E-state index contributed by atoms with van der Waals surface area (Å²) in [4.78, 5) is 10.3. The standard InChI is InChI=1S/C53H39B6N3O/c54-31-22-36-45(38(56)24-31)44(48-46(36)49(58)50(59)47-37-23-32(55)25-39(57)51(37)62(52(47)48)33-14-8-3-9-15-33)29-16-18-34-35-20-30(17-19-42(35)63-43(34)21-29)53-60-40(27-10-4-1-5-11-27)26-41(61-53)28-12-6-2-7-13-28/h1-26,44H,54-59H2. The van der Waals surface area contributed by atoms with E-state index < -0.39 is 0 Å². The van der Waals surface area contributed by atoms with Crippen molar-refractivity contribution in [1.82, 2.24) is 14.5 Å². The van der Waals surface area contributed by atoms with Crippen molar-refractivity contribution in [3.63, 3.8) is 0 Å². The van der Waals surface area contributed by atoms with Gasteiger partial charge in [0.1, 0.15) is 58.2 Å². The Morgan fingerprint density at radius 2 is 1.13 bits per heavy atom. The van der Waals surface area contributed by atoms with Crippen molar-refractivity contribution in [2.45, 2.75) is 5.92 Å². The van der Waals surface area contributed by atoms with E-state index in [0.717, 1.165) is 50.0 Å². The quantitative estimate of drug-likeness (QED) is 0.252. The zero-order valence-corrected chi connectivity index (χ0v) is 36.3. The molecular formula is C53H39B6N3O. The fraction of sp³-hybridized carbons (Fsp3) is 0.0189. The molecule has 0 fully saturated rings. The second-order valence-corrected chi connectivity index (χ2v) is 17.6. The third-order valence-corrected chi connectivity index (χ3v) is 13.6. The number of nitrogens with zero attached hydrogens (tertiary/aromatic N) is 3. The minimum atomic E-state index is -0.00992. The van der Waals surface area contributed by atoms with Crippen molar-refractivity contribution < 1.29 is 4.42 Å². The molecule has 1 aliphatic carbocycles. The fourth-order valence-electron chi connectivity index (χ4n) is 10.8. The van der Waals surface area contributed by atoms with Gasteiger partial charge < -0.3 is 8.98 Å². The predicted octanol–water partition coefficient (Wildman–Crippen LogP) is 3.19. The first-order valence-corrected chi connectivity index (χ1v) is 21.9. The van der Waals surface area contributed by atoms with Crippen LogP contribution in [-0.4, -0.2) is 61.6 Å². The summed E-state index contributed by atoms with van der Waals surface area (Å²) in [6.45, 7) is 0. The molecule has 0 amide bonds. The number of para-hydroxylation sites is 1. The second-order valence-electron chi connectivity index (χ2n) is 17.6. The first-order valence-electron chi connectivity index (χ1n) is 21.9. The third-order valence-electron chi connectivity index (χ3n) is 13.6. The molecule has 4 nitrogen and oxygen atoms in total. The SMILES string of the molecule is Bc1cc(B)c2c(c1)-c1c(B)c(B)c3c4cc(B)cc(B)c4n(-c4ccccc4)c3c1C2c1ccc2c(c1)oc1ccc(-c3nc(-c4ccccc4)cc(-c4ccccc4)n3)cc12. The Labute approximate surface area is 371 Å². The number of hydrogen-bond acceptors (Lipinski definition) is 3. The molecule has 0 radical (unpaired) electrons. The highest BCUT2D eigenvalue weighted by atomic mass is 16.3. The number of rotatable bonds is 5. The summed E-state index contributed by atoms with van der Waals surface area (Å²) in [5, 5.41) is 4.78. The van der Waals surface area contributed by atoms with E-state index in [-0.39, 0.29) is 5.92 Å². The summed E-state index contributed by atoms with van der Waals surface area (Å²) in [5.41, 5.74) is 24.8. The number of fused-ring (bicyclic) bond motifs is 10. The number of hydrogen-bond donors (Lipinski definition) is 0. The monoisotopic (exact) mass is 799 g/mol. The molecule has 290 valence electrons. The summed E-state index contributed by atoms with van der Waals surface area (Å²) in [6.07, 6.45) is 0. The molecule has 0 spiro atoms. The van der Waals surface area contributed by atoms with E-state index in [1.165, 1.54) is 88.1 Å². The minimum absolute atomic E-state index is 0.00992. The highest BCUT2D eigenvalue weighted by Crippen LogP contribution is 2.51. The first-order chi connectivity index (χ1) is 30.7. The molecule has 1 unspecified atom stereocenters. The summed E-state index contributed by atoms with van der Waals surface area (Å²) in [5.74, 6) is 0.672. The molecule has 0 aliphatic heterocycles. The summed E-state index contributed by atoms with van der Waals surface area (Å²) in [7, 11) is 13.7. The topological polar surface area (TPSA) is 43.9 Å². The van der Waals surface area contributed by atoms with E-state index in [4.69, 9.17) is 14.4 Å². The molecule has 11 aromatic rings. The molecule has 10 heteroatoms. The van der Waals surface area contributed by atoms with Crippen LogP contribution in [-0.2, 0) is 0 Å². The van der Waals surface area contributed by atoms with Gasteiger partial charge >= 0.3 is 0 Å². The van der Waals surface area contributed by atoms with Gasteiger partial charge in [0.05, 0.1) is 16.9 Å². The van der Waals surface area contributed by atoms with Crippen molar-refractivity contribution in [3.05, 3.63) is 174 Å². The molecule has 63 heavy (non-hydrogen) atoms. The van der Waals surface area contributed by atoms with Gasteiger partial charge in [-0.15, -0.1) is 0 Å². The number of furan rings is 1. The van der Waals surface area contributed by atoms with Crippen LogP contribution in [0.25, 0.3) is 94.5 Å². The molecule has 1 aliphatic rings. The van der Waals surface area contributed by atoms with Crippen molar-refractivity contribution in [1.29, 1.82) is 0 Å². The normalized spacial score (nSPS) is 13.3. The lowest BCUT2D eigenvalue weighted by molar-refractivity contribution is 0.668. The maximum absolute atomic E-state index is 6.81. The van der Waals surface area contributed by atoms with Gasteiger partial charge in [-0.25, -0.2) is 9.97 Å². The maximum atomic E-state index is 6.81. The van der Waals surface area contributed by atoms with Gasteiger partial charge in [0.25, 0.3) is 0 Å². The van der Waals surface area contributed by atoms with E-state index in [1.807, 2.05) is 12.1 Å². The van der Waals surface area contributed by atoms with Crippen LogP contribution >= 0.6 is 0 Å². The Hall–Kier alpha value is -7.17. The highest BCUT2D eigenvalue weighted by Gasteiger charge is 2.37. The van der Waals surface area contributed by atoms with Gasteiger partial charge in [-0.2, -0.15) is 0 Å². The van der Waals surface area contributed by atoms with Crippen molar-refractivity contribution in [2.24, 2.45) is 0 Å². The van der Waals surface area contributed by atoms with Crippen LogP contribution in [0.2, 0.25) is 0 Å². The van der Waals surface area contributed by atoms with Gasteiger partial charge in [0.15, 0.2) is 5.82 Å². The predicted molar refractivity (Wildman–Crippen MR) is 282 cm³/mol. The fourth-order valence-corrected chi connectivity index (χ4v) is 10.8. The van der Waals surface area contributed by atoms with Gasteiger partial charge in [0.2, 0.25) is 0 Å². The van der Waals surface area contributed by atoms with Crippen molar-refractivity contribution in [2.75, 3.05) is 0 Å². The molecule has 0 N–H and O–H groups in total. The number of benzene rings is 8. The summed E-state index contributed by atoms with van der Waals surface area (Å²) in [6, 6.07) is 56.5. The first kappa shape index (κ1) is 37.6. The molecule has 0 saturated heterocycles. The summed E-state index contributed by atoms with van der Waals surface area (Å²) >= 11 is 0. The Kier molecular flexibility index (Phi) is 8.46. The molecule has 8 aromatic carbocycles. The third kappa shape index (κ3) is 5.77. The average molecular weight is 799 g/mol. The molecule has 3 aromatic heterocycles. The van der Waals surface area contributed by atoms with Crippen molar-refractivity contribution in [3.8, 4) is 50.7 Å². The van der Waals surface area contributed by atoms with Crippen LogP contribution in [0.3, 0.4) is 0 Å². The molecule has 1 atom stereocenters. The molecule has 12 rings (SSSR count). The Morgan fingerprint density at radius 3 is 1.83 bits per heavy atom. The number of aromatic nitrogens is 3. The zero-order valence-electron chi connectivity index (χ0n) is 36.3. The Balaban J connectivity index is 1.08.